The molecule has 4 rings (SSSR count). The van der Waals surface area contributed by atoms with E-state index in [2.05, 4.69) is 10.6 Å². The van der Waals surface area contributed by atoms with Gasteiger partial charge in [-0.1, -0.05) is 13.3 Å². The number of alkyl halides is 2. The van der Waals surface area contributed by atoms with Crippen LogP contribution in [0.15, 0.2) is 47.4 Å². The number of likely N-dealkylation sites (tertiary alicyclic amines) is 1. The van der Waals surface area contributed by atoms with Gasteiger partial charge in [-0.05, 0) is 91.4 Å². The third-order valence-corrected chi connectivity index (χ3v) is 8.42. The predicted octanol–water partition coefficient (Wildman–Crippen LogP) is 5.93. The van der Waals surface area contributed by atoms with Crippen LogP contribution in [0.1, 0.15) is 77.7 Å². The number of nitrogens with zero attached hydrogens (tertiary/aromatic N) is 2. The molecule has 0 spiro atoms. The minimum absolute atomic E-state index is 0.0904. The highest BCUT2D eigenvalue weighted by Gasteiger charge is 2.33. The Bertz CT molecular complexity index is 1660. The summed E-state index contributed by atoms with van der Waals surface area (Å²) in [6.07, 6.45) is 3.09. The molecule has 1 aromatic heterocycles. The van der Waals surface area contributed by atoms with E-state index >= 15 is 0 Å². The van der Waals surface area contributed by atoms with E-state index in [1.54, 1.807) is 39.1 Å². The smallest absolute Gasteiger partial charge is 0.305 e. The van der Waals surface area contributed by atoms with Crippen molar-refractivity contribution in [3.63, 3.8) is 0 Å². The van der Waals surface area contributed by atoms with Gasteiger partial charge in [0.25, 0.3) is 17.4 Å². The molecule has 2 aromatic carbocycles. The topological polar surface area (TPSA) is 121 Å². The molecule has 1 aliphatic rings. The monoisotopic (exact) mass is 688 g/mol. The molecule has 1 atom stereocenters. The van der Waals surface area contributed by atoms with Gasteiger partial charge in [0.1, 0.15) is 17.2 Å². The van der Waals surface area contributed by atoms with Gasteiger partial charge >= 0.3 is 5.97 Å². The van der Waals surface area contributed by atoms with Crippen LogP contribution in [0.5, 0.6) is 0 Å². The first kappa shape index (κ1) is 38.9. The molecule has 1 saturated heterocycles. The van der Waals surface area contributed by atoms with Crippen molar-refractivity contribution in [3.8, 4) is 11.1 Å². The van der Waals surface area contributed by atoms with E-state index < -0.39 is 30.2 Å². The summed E-state index contributed by atoms with van der Waals surface area (Å²) in [7, 11) is 0. The van der Waals surface area contributed by atoms with Gasteiger partial charge in [-0.2, -0.15) is 0 Å². The normalized spacial score (nSPS) is 14.7. The van der Waals surface area contributed by atoms with Crippen LogP contribution in [-0.2, 0) is 16.1 Å². The molecule has 2 heterocycles. The molecule has 0 saturated carbocycles. The molecule has 1 fully saturated rings. The van der Waals surface area contributed by atoms with Crippen molar-refractivity contribution in [2.24, 2.45) is 0 Å². The van der Waals surface area contributed by atoms with Crippen molar-refractivity contribution in [2.45, 2.75) is 78.3 Å². The Hall–Kier alpha value is -4.52. The summed E-state index contributed by atoms with van der Waals surface area (Å²) in [6, 6.07) is 8.11. The van der Waals surface area contributed by atoms with Crippen LogP contribution >= 0.6 is 0 Å². The molecular formula is C36H44F4N4O5. The Labute approximate surface area is 283 Å². The Morgan fingerprint density at radius 2 is 1.67 bits per heavy atom. The number of unbranched alkanes of at least 4 members (excludes halogenated alkanes) is 1. The van der Waals surface area contributed by atoms with E-state index in [0.29, 0.717) is 61.4 Å². The zero-order valence-electron chi connectivity index (χ0n) is 28.3. The fraction of sp³-hybridized carbons (Fsp3) is 0.444. The number of carboxylic acids is 1. The van der Waals surface area contributed by atoms with Crippen LogP contribution in [0, 0.1) is 32.4 Å². The average Bonchev–Trinajstić information content (AvgIpc) is 3.02. The summed E-state index contributed by atoms with van der Waals surface area (Å²) >= 11 is 0. The Morgan fingerprint density at radius 3 is 2.27 bits per heavy atom. The molecule has 3 N–H and O–H groups in total. The minimum Gasteiger partial charge on any atom is -0.481 e. The lowest BCUT2D eigenvalue weighted by Gasteiger charge is -2.31. The summed E-state index contributed by atoms with van der Waals surface area (Å²) in [6.45, 7) is 9.22. The number of carbonyl (C=O) groups is 3. The maximum atomic E-state index is 14.6. The SMILES string of the molecule is CCCCNC(=O)c1cccn(CCN2CCC(F)(F)CC2)c1=O.Cc1cc(-c2c(C)cc(F)cc2C)cc(C(CC(=O)O)NC=O)c1F. The van der Waals surface area contributed by atoms with E-state index in [4.69, 9.17) is 5.11 Å². The highest BCUT2D eigenvalue weighted by Crippen LogP contribution is 2.33. The molecule has 0 bridgehead atoms. The third-order valence-electron chi connectivity index (χ3n) is 8.42. The maximum Gasteiger partial charge on any atom is 0.305 e. The number of piperidine rings is 1. The van der Waals surface area contributed by atoms with Gasteiger partial charge in [0.2, 0.25) is 6.41 Å². The summed E-state index contributed by atoms with van der Waals surface area (Å²) in [5.74, 6) is -5.01. The van der Waals surface area contributed by atoms with E-state index in [1.165, 1.54) is 28.8 Å². The van der Waals surface area contributed by atoms with E-state index in [9.17, 15) is 36.7 Å². The van der Waals surface area contributed by atoms with Gasteiger partial charge in [-0.3, -0.25) is 19.2 Å². The first-order valence-electron chi connectivity index (χ1n) is 16.2. The van der Waals surface area contributed by atoms with E-state index in [-0.39, 0.29) is 41.3 Å². The van der Waals surface area contributed by atoms with Crippen molar-refractivity contribution >= 4 is 18.3 Å². The Kier molecular flexibility index (Phi) is 14.1. The van der Waals surface area contributed by atoms with Gasteiger partial charge in [0.05, 0.1) is 12.5 Å². The number of amides is 2. The fourth-order valence-electron chi connectivity index (χ4n) is 5.79. The second kappa shape index (κ2) is 17.8. The lowest BCUT2D eigenvalue weighted by Crippen LogP contribution is -2.42. The molecule has 1 unspecified atom stereocenters. The highest BCUT2D eigenvalue weighted by atomic mass is 19.3. The number of benzene rings is 2. The van der Waals surface area contributed by atoms with Crippen molar-refractivity contribution in [2.75, 3.05) is 26.2 Å². The molecule has 2 amide bonds. The van der Waals surface area contributed by atoms with Crippen molar-refractivity contribution in [1.29, 1.82) is 0 Å². The Balaban J connectivity index is 0.000000266. The van der Waals surface area contributed by atoms with Crippen LogP contribution in [0.2, 0.25) is 0 Å². The average molecular weight is 689 g/mol. The molecule has 13 heteroatoms. The van der Waals surface area contributed by atoms with E-state index in [1.807, 2.05) is 11.8 Å². The highest BCUT2D eigenvalue weighted by molar-refractivity contribution is 5.93. The summed E-state index contributed by atoms with van der Waals surface area (Å²) in [5, 5.41) is 14.1. The van der Waals surface area contributed by atoms with Crippen molar-refractivity contribution in [1.82, 2.24) is 20.1 Å². The van der Waals surface area contributed by atoms with Gasteiger partial charge in [0, 0.05) is 57.3 Å². The molecule has 0 radical (unpaired) electrons. The molecule has 3 aromatic rings. The Morgan fingerprint density at radius 1 is 1.02 bits per heavy atom. The molecular weight excluding hydrogens is 644 g/mol. The summed E-state index contributed by atoms with van der Waals surface area (Å²) in [5.41, 5.74) is 2.97. The quantitative estimate of drug-likeness (QED) is 0.116. The van der Waals surface area contributed by atoms with Crippen LogP contribution in [0.4, 0.5) is 17.6 Å². The molecule has 1 aliphatic heterocycles. The number of hydrogen-bond acceptors (Lipinski definition) is 5. The van der Waals surface area contributed by atoms with Crippen molar-refractivity contribution < 1.29 is 37.1 Å². The van der Waals surface area contributed by atoms with Crippen LogP contribution < -0.4 is 16.2 Å². The van der Waals surface area contributed by atoms with Crippen LogP contribution in [-0.4, -0.2) is 65.0 Å². The fourth-order valence-corrected chi connectivity index (χ4v) is 5.79. The third kappa shape index (κ3) is 11.0. The number of halogens is 4. The van der Waals surface area contributed by atoms with Gasteiger partial charge in [0.15, 0.2) is 0 Å². The first-order valence-corrected chi connectivity index (χ1v) is 16.2. The zero-order chi connectivity index (χ0) is 36.3. The molecule has 0 aliphatic carbocycles. The number of hydrogen-bond donors (Lipinski definition) is 3. The van der Waals surface area contributed by atoms with E-state index in [0.717, 1.165) is 18.4 Å². The number of carboxylic acid groups (broad SMARTS) is 1. The number of aliphatic carboxylic acids is 1. The lowest BCUT2D eigenvalue weighted by atomic mass is 9.90. The first-order chi connectivity index (χ1) is 23.2. The maximum absolute atomic E-state index is 14.6. The largest absolute Gasteiger partial charge is 0.481 e. The van der Waals surface area contributed by atoms with Gasteiger partial charge in [-0.15, -0.1) is 0 Å². The second-order valence-corrected chi connectivity index (χ2v) is 12.3. The number of aryl methyl sites for hydroxylation is 3. The standard InChI is InChI=1S/C19H19F2NO3.C17H25F2N3O2/c1-10-5-14(20)6-11(2)18(10)13-4-12(3)19(21)15(7-13)16(22-9-23)8-17(24)25;1-2-3-8-20-15(23)14-5-4-9-22(16(14)24)13-12-21-10-6-17(18,19)7-11-21/h4-7,9,16H,8H2,1-3H3,(H,22,23)(H,24,25);4-5,9H,2-3,6-8,10-13H2,1H3,(H,20,23). The number of carbonyl (C=O) groups excluding carboxylic acids is 2. The summed E-state index contributed by atoms with van der Waals surface area (Å²) in [4.78, 5) is 48.2. The minimum atomic E-state index is -2.57. The number of pyridine rings is 1. The van der Waals surface area contributed by atoms with Crippen molar-refractivity contribution in [3.05, 3.63) is 92.4 Å². The number of nitrogens with one attached hydrogen (secondary N) is 2. The van der Waals surface area contributed by atoms with Crippen LogP contribution in [0.3, 0.4) is 0 Å². The van der Waals surface area contributed by atoms with Gasteiger partial charge < -0.3 is 25.2 Å². The molecule has 266 valence electrons. The lowest BCUT2D eigenvalue weighted by molar-refractivity contribution is -0.137. The summed E-state index contributed by atoms with van der Waals surface area (Å²) < 4.78 is 55.9. The number of aromatic nitrogens is 1. The van der Waals surface area contributed by atoms with Crippen LogP contribution in [0.25, 0.3) is 11.1 Å². The van der Waals surface area contributed by atoms with Gasteiger partial charge in [-0.25, -0.2) is 17.6 Å². The zero-order valence-corrected chi connectivity index (χ0v) is 28.3. The second-order valence-electron chi connectivity index (χ2n) is 12.3. The molecule has 9 nitrogen and oxygen atoms in total. The number of rotatable bonds is 13. The molecule has 49 heavy (non-hydrogen) atoms. The predicted molar refractivity (Wildman–Crippen MR) is 179 cm³/mol.